The Hall–Kier alpha value is -1.73. The monoisotopic (exact) mass is 339 g/mol. The number of carboxylic acid groups (broad SMARTS) is 1. The Balaban J connectivity index is 2.15. The molecule has 116 valence electrons. The molecule has 4 nitrogen and oxygen atoms in total. The number of hydrogen-bond donors (Lipinski definition) is 1. The normalized spacial score (nSPS) is 16.6. The maximum atomic E-state index is 13.5. The largest absolute Gasteiger partial charge is 0.481 e. The highest BCUT2D eigenvalue weighted by atomic mass is 32.2. The fourth-order valence-corrected chi connectivity index (χ4v) is 3.30. The molecule has 22 heavy (non-hydrogen) atoms. The van der Waals surface area contributed by atoms with Crippen LogP contribution in [0.5, 0.6) is 0 Å². The van der Waals surface area contributed by atoms with Gasteiger partial charge in [0.15, 0.2) is 0 Å². The highest BCUT2D eigenvalue weighted by molar-refractivity contribution is 8.26. The smallest absolute Gasteiger partial charge is 0.303 e. The van der Waals surface area contributed by atoms with Crippen molar-refractivity contribution in [2.45, 2.75) is 19.8 Å². The Kier molecular flexibility index (Phi) is 5.31. The molecule has 0 unspecified atom stereocenters. The van der Waals surface area contributed by atoms with Crippen molar-refractivity contribution >= 4 is 46.3 Å². The van der Waals surface area contributed by atoms with Gasteiger partial charge < -0.3 is 5.11 Å². The first kappa shape index (κ1) is 16.6. The zero-order chi connectivity index (χ0) is 16.3. The molecule has 1 aliphatic rings. The Bertz CT molecular complexity index is 673. The Morgan fingerprint density at radius 1 is 1.50 bits per heavy atom. The van der Waals surface area contributed by atoms with E-state index in [1.807, 2.05) is 0 Å². The summed E-state index contributed by atoms with van der Waals surface area (Å²) in [6.45, 7) is 1.92. The first-order valence-corrected chi connectivity index (χ1v) is 7.85. The summed E-state index contributed by atoms with van der Waals surface area (Å²) in [6, 6.07) is 4.68. The number of hydrogen-bond acceptors (Lipinski definition) is 4. The molecular weight excluding hydrogens is 325 g/mol. The second-order valence-electron chi connectivity index (χ2n) is 4.78. The van der Waals surface area contributed by atoms with Crippen LogP contribution in [0.4, 0.5) is 4.39 Å². The highest BCUT2D eigenvalue weighted by Gasteiger charge is 2.31. The van der Waals surface area contributed by atoms with E-state index in [9.17, 15) is 14.0 Å². The number of thioether (sulfide) groups is 1. The molecule has 1 amide bonds. The van der Waals surface area contributed by atoms with Gasteiger partial charge in [0, 0.05) is 13.0 Å². The molecule has 7 heteroatoms. The van der Waals surface area contributed by atoms with Crippen molar-refractivity contribution in [1.29, 1.82) is 0 Å². The van der Waals surface area contributed by atoms with Crippen molar-refractivity contribution in [2.75, 3.05) is 6.54 Å². The number of carbonyl (C=O) groups excluding carboxylic acids is 1. The van der Waals surface area contributed by atoms with Crippen molar-refractivity contribution in [3.8, 4) is 0 Å². The third-order valence-electron chi connectivity index (χ3n) is 3.24. The molecule has 0 atom stereocenters. The molecule has 1 aromatic carbocycles. The average molecular weight is 339 g/mol. The minimum atomic E-state index is -0.906. The van der Waals surface area contributed by atoms with Crippen molar-refractivity contribution < 1.29 is 19.1 Å². The lowest BCUT2D eigenvalue weighted by atomic mass is 10.1. The maximum Gasteiger partial charge on any atom is 0.303 e. The fraction of sp³-hybridized carbons (Fsp3) is 0.267. The number of thiocarbonyl (C=S) groups is 1. The molecule has 1 aromatic rings. The van der Waals surface area contributed by atoms with Gasteiger partial charge in [-0.05, 0) is 36.6 Å². The van der Waals surface area contributed by atoms with E-state index in [4.69, 9.17) is 17.3 Å². The van der Waals surface area contributed by atoms with E-state index in [1.165, 1.54) is 11.0 Å². The molecule has 0 radical (unpaired) electrons. The van der Waals surface area contributed by atoms with Gasteiger partial charge in [-0.25, -0.2) is 4.39 Å². The number of carboxylic acids is 1. The van der Waals surface area contributed by atoms with Crippen molar-refractivity contribution in [1.82, 2.24) is 4.90 Å². The van der Waals surface area contributed by atoms with E-state index in [1.54, 1.807) is 25.1 Å². The molecule has 1 saturated heterocycles. The van der Waals surface area contributed by atoms with Gasteiger partial charge in [-0.1, -0.05) is 36.1 Å². The summed E-state index contributed by atoms with van der Waals surface area (Å²) in [6.07, 6.45) is 1.95. The molecular formula is C15H14FNO3S2. The molecule has 0 bridgehead atoms. The van der Waals surface area contributed by atoms with Gasteiger partial charge in [-0.3, -0.25) is 14.5 Å². The lowest BCUT2D eigenvalue weighted by Gasteiger charge is -2.13. The van der Waals surface area contributed by atoms with E-state index in [0.29, 0.717) is 26.8 Å². The number of halogens is 1. The molecule has 0 aliphatic carbocycles. The van der Waals surface area contributed by atoms with Crippen LogP contribution >= 0.6 is 24.0 Å². The summed E-state index contributed by atoms with van der Waals surface area (Å²) in [4.78, 5) is 24.6. The van der Waals surface area contributed by atoms with E-state index in [2.05, 4.69) is 0 Å². The zero-order valence-electron chi connectivity index (χ0n) is 11.8. The lowest BCUT2D eigenvalue weighted by molar-refractivity contribution is -0.137. The number of aliphatic carboxylic acids is 1. The quantitative estimate of drug-likeness (QED) is 0.659. The van der Waals surface area contributed by atoms with Crippen LogP contribution < -0.4 is 0 Å². The summed E-state index contributed by atoms with van der Waals surface area (Å²) in [7, 11) is 0. The predicted molar refractivity (Wildman–Crippen MR) is 87.9 cm³/mol. The van der Waals surface area contributed by atoms with Gasteiger partial charge in [0.1, 0.15) is 10.1 Å². The molecule has 1 aliphatic heterocycles. The molecule has 0 spiro atoms. The van der Waals surface area contributed by atoms with Crippen LogP contribution in [0.2, 0.25) is 0 Å². The third kappa shape index (κ3) is 3.72. The highest BCUT2D eigenvalue weighted by Crippen LogP contribution is 2.33. The minimum absolute atomic E-state index is 0.0148. The van der Waals surface area contributed by atoms with Gasteiger partial charge >= 0.3 is 5.97 Å². The summed E-state index contributed by atoms with van der Waals surface area (Å²) < 4.78 is 13.9. The van der Waals surface area contributed by atoms with Crippen LogP contribution in [0.25, 0.3) is 6.08 Å². The Morgan fingerprint density at radius 2 is 2.23 bits per heavy atom. The number of nitrogens with zero attached hydrogens (tertiary/aromatic N) is 1. The van der Waals surface area contributed by atoms with Crippen LogP contribution in [-0.2, 0) is 9.59 Å². The summed E-state index contributed by atoms with van der Waals surface area (Å²) >= 11 is 6.30. The van der Waals surface area contributed by atoms with E-state index < -0.39 is 5.97 Å². The molecule has 1 fully saturated rings. The van der Waals surface area contributed by atoms with Crippen molar-refractivity contribution in [3.63, 3.8) is 0 Å². The van der Waals surface area contributed by atoms with Gasteiger partial charge in [0.2, 0.25) is 0 Å². The Morgan fingerprint density at radius 3 is 2.91 bits per heavy atom. The van der Waals surface area contributed by atoms with E-state index in [0.717, 1.165) is 11.8 Å². The van der Waals surface area contributed by atoms with Crippen LogP contribution in [-0.4, -0.2) is 32.7 Å². The topological polar surface area (TPSA) is 57.6 Å². The second kappa shape index (κ2) is 7.02. The predicted octanol–water partition coefficient (Wildman–Crippen LogP) is 3.20. The minimum Gasteiger partial charge on any atom is -0.481 e. The maximum absolute atomic E-state index is 13.5. The van der Waals surface area contributed by atoms with Crippen molar-refractivity contribution in [2.24, 2.45) is 0 Å². The van der Waals surface area contributed by atoms with Gasteiger partial charge in [-0.2, -0.15) is 0 Å². The first-order valence-electron chi connectivity index (χ1n) is 6.62. The van der Waals surface area contributed by atoms with Crippen LogP contribution in [0.1, 0.15) is 24.0 Å². The van der Waals surface area contributed by atoms with Crippen molar-refractivity contribution in [3.05, 3.63) is 40.0 Å². The lowest BCUT2D eigenvalue weighted by Crippen LogP contribution is -2.29. The first-order chi connectivity index (χ1) is 10.4. The molecule has 2 rings (SSSR count). The standard InChI is InChI=1S/C15H14FNO3S2/c1-9-10(4-2-5-11(9)16)8-12-14(20)17(15(21)22-12)7-3-6-13(18)19/h2,4-5,8H,3,6-7H2,1H3,(H,18,19)/b12-8-. The number of rotatable bonds is 5. The van der Waals surface area contributed by atoms with Gasteiger partial charge in [0.25, 0.3) is 5.91 Å². The molecule has 0 aromatic heterocycles. The van der Waals surface area contributed by atoms with Crippen LogP contribution in [0.3, 0.4) is 0 Å². The van der Waals surface area contributed by atoms with Crippen LogP contribution in [0, 0.1) is 12.7 Å². The van der Waals surface area contributed by atoms with E-state index in [-0.39, 0.29) is 24.7 Å². The SMILES string of the molecule is Cc1c(F)cccc1/C=C1\SC(=S)N(CCCC(=O)O)C1=O. The zero-order valence-corrected chi connectivity index (χ0v) is 13.5. The summed E-state index contributed by atoms with van der Waals surface area (Å²) in [5, 5.41) is 8.63. The van der Waals surface area contributed by atoms with Crippen LogP contribution in [0.15, 0.2) is 23.1 Å². The number of benzene rings is 1. The fourth-order valence-electron chi connectivity index (χ4n) is 2.00. The average Bonchev–Trinajstić information content (AvgIpc) is 2.71. The summed E-state index contributed by atoms with van der Waals surface area (Å²) in [5.74, 6) is -1.49. The number of amides is 1. The van der Waals surface area contributed by atoms with Gasteiger partial charge in [-0.15, -0.1) is 0 Å². The van der Waals surface area contributed by atoms with Gasteiger partial charge in [0.05, 0.1) is 4.91 Å². The van der Waals surface area contributed by atoms with E-state index >= 15 is 0 Å². The second-order valence-corrected chi connectivity index (χ2v) is 6.46. The Labute approximate surface area is 137 Å². The molecule has 1 heterocycles. The molecule has 1 N–H and O–H groups in total. The number of carbonyl (C=O) groups is 2. The molecule has 0 saturated carbocycles. The third-order valence-corrected chi connectivity index (χ3v) is 4.62. The summed E-state index contributed by atoms with van der Waals surface area (Å²) in [5.41, 5.74) is 1.10.